The van der Waals surface area contributed by atoms with Crippen LogP contribution in [0, 0.1) is 21.4 Å². The summed E-state index contributed by atoms with van der Waals surface area (Å²) in [5, 5.41) is 22.8. The molecular weight excluding hydrogens is 274 g/mol. The fourth-order valence-electron chi connectivity index (χ4n) is 2.12. The Morgan fingerprint density at radius 1 is 1.57 bits per heavy atom. The lowest BCUT2D eigenvalue weighted by atomic mass is 9.95. The van der Waals surface area contributed by atoms with Crippen LogP contribution in [0.5, 0.6) is 0 Å². The largest absolute Gasteiger partial charge is 0.467 e. The highest BCUT2D eigenvalue weighted by atomic mass is 16.6. The number of esters is 1. The minimum atomic E-state index is -0.952. The molecule has 1 aromatic carbocycles. The number of carbonyl (C=O) groups excluding carboxylic acids is 1. The van der Waals surface area contributed by atoms with E-state index >= 15 is 0 Å². The van der Waals surface area contributed by atoms with Crippen LogP contribution in [0.3, 0.4) is 0 Å². The number of nitriles is 1. The lowest BCUT2D eigenvalue weighted by Gasteiger charge is -2.28. The van der Waals surface area contributed by atoms with Gasteiger partial charge < -0.3 is 10.1 Å². The third-order valence-corrected chi connectivity index (χ3v) is 3.12. The number of rotatable bonds is 6. The zero-order valence-electron chi connectivity index (χ0n) is 12.2. The van der Waals surface area contributed by atoms with Gasteiger partial charge >= 0.3 is 5.97 Å². The van der Waals surface area contributed by atoms with Crippen LogP contribution in [0.1, 0.15) is 32.3 Å². The Balaban J connectivity index is 3.14. The monoisotopic (exact) mass is 291 g/mol. The normalized spacial score (nSPS) is 12.9. The first-order chi connectivity index (χ1) is 9.87. The first-order valence-electron chi connectivity index (χ1n) is 6.43. The maximum atomic E-state index is 11.9. The predicted molar refractivity (Wildman–Crippen MR) is 76.8 cm³/mol. The van der Waals surface area contributed by atoms with Crippen LogP contribution in [0.25, 0.3) is 0 Å². The number of carbonyl (C=O) groups is 1. The van der Waals surface area contributed by atoms with Crippen molar-refractivity contribution < 1.29 is 14.5 Å². The number of nitro benzene ring substituents is 1. The van der Waals surface area contributed by atoms with E-state index in [-0.39, 0.29) is 11.3 Å². The second kappa shape index (κ2) is 6.70. The van der Waals surface area contributed by atoms with Crippen LogP contribution in [0.2, 0.25) is 0 Å². The predicted octanol–water partition coefficient (Wildman–Crippen LogP) is 2.61. The zero-order valence-corrected chi connectivity index (χ0v) is 12.2. The van der Waals surface area contributed by atoms with Gasteiger partial charge in [0.05, 0.1) is 12.0 Å². The quantitative estimate of drug-likeness (QED) is 0.490. The molecule has 1 N–H and O–H groups in total. The Morgan fingerprint density at radius 3 is 2.71 bits per heavy atom. The smallest absolute Gasteiger partial charge is 0.331 e. The van der Waals surface area contributed by atoms with Crippen molar-refractivity contribution in [2.75, 3.05) is 12.4 Å². The topological polar surface area (TPSA) is 105 Å². The summed E-state index contributed by atoms with van der Waals surface area (Å²) in [7, 11) is 1.30. The highest BCUT2D eigenvalue weighted by Crippen LogP contribution is 2.26. The molecule has 0 fully saturated rings. The van der Waals surface area contributed by atoms with E-state index in [1.54, 1.807) is 13.0 Å². The summed E-state index contributed by atoms with van der Waals surface area (Å²) >= 11 is 0. The van der Waals surface area contributed by atoms with E-state index in [0.717, 1.165) is 6.42 Å². The Labute approximate surface area is 122 Å². The van der Waals surface area contributed by atoms with Crippen LogP contribution < -0.4 is 5.32 Å². The van der Waals surface area contributed by atoms with Gasteiger partial charge in [-0.1, -0.05) is 13.3 Å². The standard InChI is InChI=1S/C14H17N3O4/c1-4-7-14(2,13(18)21-3)16-11-5-6-12(17(19)20)10(8-11)9-15/h5-6,8,16H,4,7H2,1-3H3. The van der Waals surface area contributed by atoms with Gasteiger partial charge in [0, 0.05) is 11.8 Å². The number of nitrogens with zero attached hydrogens (tertiary/aromatic N) is 2. The first-order valence-corrected chi connectivity index (χ1v) is 6.43. The molecule has 112 valence electrons. The van der Waals surface area contributed by atoms with E-state index in [9.17, 15) is 14.9 Å². The molecule has 1 unspecified atom stereocenters. The summed E-state index contributed by atoms with van der Waals surface area (Å²) in [6.45, 7) is 3.62. The molecular formula is C14H17N3O4. The Bertz CT molecular complexity index is 594. The molecule has 0 aromatic heterocycles. The van der Waals surface area contributed by atoms with Gasteiger partial charge in [0.1, 0.15) is 17.2 Å². The van der Waals surface area contributed by atoms with Crippen LogP contribution in [0.4, 0.5) is 11.4 Å². The van der Waals surface area contributed by atoms with Gasteiger partial charge in [0.15, 0.2) is 0 Å². The molecule has 1 aromatic rings. The summed E-state index contributed by atoms with van der Waals surface area (Å²) in [6, 6.07) is 5.85. The highest BCUT2D eigenvalue weighted by molar-refractivity contribution is 5.84. The van der Waals surface area contributed by atoms with Gasteiger partial charge in [-0.05, 0) is 25.5 Å². The lowest BCUT2D eigenvalue weighted by molar-refractivity contribution is -0.385. The van der Waals surface area contributed by atoms with Crippen LogP contribution >= 0.6 is 0 Å². The number of nitrogens with one attached hydrogen (secondary N) is 1. The molecule has 0 saturated carbocycles. The van der Waals surface area contributed by atoms with Crippen molar-refractivity contribution in [3.8, 4) is 6.07 Å². The number of hydrogen-bond acceptors (Lipinski definition) is 6. The number of methoxy groups -OCH3 is 1. The van der Waals surface area contributed by atoms with Crippen molar-refractivity contribution in [1.82, 2.24) is 0 Å². The van der Waals surface area contributed by atoms with Crippen LogP contribution in [-0.2, 0) is 9.53 Å². The molecule has 0 aliphatic heterocycles. The number of nitro groups is 1. The SMILES string of the molecule is CCCC(C)(Nc1ccc([N+](=O)[O-])c(C#N)c1)C(=O)OC. The second-order valence-corrected chi connectivity index (χ2v) is 4.80. The van der Waals surface area contributed by atoms with Gasteiger partial charge in [-0.15, -0.1) is 0 Å². The van der Waals surface area contributed by atoms with Gasteiger partial charge in [-0.2, -0.15) is 5.26 Å². The van der Waals surface area contributed by atoms with Gasteiger partial charge in [0.2, 0.25) is 0 Å². The average Bonchev–Trinajstić information content (AvgIpc) is 2.46. The third-order valence-electron chi connectivity index (χ3n) is 3.12. The molecule has 0 aliphatic rings. The highest BCUT2D eigenvalue weighted by Gasteiger charge is 2.33. The first kappa shape index (κ1) is 16.4. The molecule has 0 spiro atoms. The number of anilines is 1. The molecule has 7 nitrogen and oxygen atoms in total. The number of benzene rings is 1. The minimum absolute atomic E-state index is 0.0614. The molecule has 0 heterocycles. The van der Waals surface area contributed by atoms with E-state index < -0.39 is 16.4 Å². The van der Waals surface area contributed by atoms with Crippen LogP contribution in [-0.4, -0.2) is 23.5 Å². The number of ether oxygens (including phenoxy) is 1. The lowest BCUT2D eigenvalue weighted by Crippen LogP contribution is -2.44. The molecule has 21 heavy (non-hydrogen) atoms. The van der Waals surface area contributed by atoms with Gasteiger partial charge in [-0.25, -0.2) is 4.79 Å². The van der Waals surface area contributed by atoms with E-state index in [2.05, 4.69) is 5.32 Å². The molecule has 0 radical (unpaired) electrons. The van der Waals surface area contributed by atoms with Crippen molar-refractivity contribution in [1.29, 1.82) is 5.26 Å². The molecule has 0 amide bonds. The summed E-state index contributed by atoms with van der Waals surface area (Å²) in [6.07, 6.45) is 1.27. The van der Waals surface area contributed by atoms with Crippen molar-refractivity contribution >= 4 is 17.3 Å². The van der Waals surface area contributed by atoms with Gasteiger partial charge in [0.25, 0.3) is 5.69 Å². The molecule has 0 saturated heterocycles. The molecule has 1 rings (SSSR count). The Morgan fingerprint density at radius 2 is 2.24 bits per heavy atom. The fourth-order valence-corrected chi connectivity index (χ4v) is 2.12. The molecule has 0 aliphatic carbocycles. The Hall–Kier alpha value is -2.62. The molecule has 1 atom stereocenters. The van der Waals surface area contributed by atoms with Crippen LogP contribution in [0.15, 0.2) is 18.2 Å². The van der Waals surface area contributed by atoms with Crippen molar-refractivity contribution in [2.24, 2.45) is 0 Å². The Kier molecular flexibility index (Phi) is 5.24. The fraction of sp³-hybridized carbons (Fsp3) is 0.429. The number of hydrogen-bond donors (Lipinski definition) is 1. The zero-order chi connectivity index (χ0) is 16.0. The third kappa shape index (κ3) is 3.69. The minimum Gasteiger partial charge on any atom is -0.467 e. The maximum absolute atomic E-state index is 11.9. The second-order valence-electron chi connectivity index (χ2n) is 4.80. The van der Waals surface area contributed by atoms with Crippen molar-refractivity contribution in [3.63, 3.8) is 0 Å². The molecule has 0 bridgehead atoms. The summed E-state index contributed by atoms with van der Waals surface area (Å²) < 4.78 is 4.78. The molecule has 7 heteroatoms. The summed E-state index contributed by atoms with van der Waals surface area (Å²) in [5.74, 6) is -0.429. The van der Waals surface area contributed by atoms with Crippen molar-refractivity contribution in [3.05, 3.63) is 33.9 Å². The van der Waals surface area contributed by atoms with Crippen molar-refractivity contribution in [2.45, 2.75) is 32.2 Å². The van der Waals surface area contributed by atoms with E-state index in [4.69, 9.17) is 10.00 Å². The summed E-state index contributed by atoms with van der Waals surface area (Å²) in [5.41, 5.74) is -0.822. The summed E-state index contributed by atoms with van der Waals surface area (Å²) in [4.78, 5) is 22.1. The van der Waals surface area contributed by atoms with E-state index in [1.165, 1.54) is 25.3 Å². The van der Waals surface area contributed by atoms with Gasteiger partial charge in [-0.3, -0.25) is 10.1 Å². The van der Waals surface area contributed by atoms with E-state index in [0.29, 0.717) is 12.1 Å². The van der Waals surface area contributed by atoms with E-state index in [1.807, 2.05) is 6.92 Å². The maximum Gasteiger partial charge on any atom is 0.331 e. The average molecular weight is 291 g/mol.